The molecule has 0 saturated carbocycles. The van der Waals surface area contributed by atoms with Crippen molar-refractivity contribution in [2.75, 3.05) is 19.0 Å². The monoisotopic (exact) mass is 448 g/mol. The summed E-state index contributed by atoms with van der Waals surface area (Å²) >= 11 is 2.80. The minimum Gasteiger partial charge on any atom is -0.493 e. The number of rotatable bonds is 7. The molecule has 0 spiro atoms. The molecular formula is C22H16N4O3S2. The van der Waals surface area contributed by atoms with E-state index in [2.05, 4.69) is 21.4 Å². The largest absolute Gasteiger partial charge is 0.493 e. The number of fused-ring (bicyclic) bond motifs is 1. The minimum absolute atomic E-state index is 0.180. The van der Waals surface area contributed by atoms with Gasteiger partial charge in [0.15, 0.2) is 23.2 Å². The van der Waals surface area contributed by atoms with Crippen LogP contribution < -0.4 is 14.8 Å². The summed E-state index contributed by atoms with van der Waals surface area (Å²) < 4.78 is 12.0. The van der Waals surface area contributed by atoms with Gasteiger partial charge in [-0.15, -0.1) is 22.7 Å². The lowest BCUT2D eigenvalue weighted by molar-refractivity contribution is -0.118. The second-order valence-electron chi connectivity index (χ2n) is 6.24. The van der Waals surface area contributed by atoms with Gasteiger partial charge in [0.25, 0.3) is 5.91 Å². The van der Waals surface area contributed by atoms with E-state index in [0.29, 0.717) is 27.2 Å². The first-order valence-corrected chi connectivity index (χ1v) is 10.8. The molecule has 7 nitrogen and oxygen atoms in total. The molecule has 4 aromatic rings. The average molecular weight is 449 g/mol. The Morgan fingerprint density at radius 3 is 2.87 bits per heavy atom. The number of nitrogens with zero attached hydrogens (tertiary/aromatic N) is 3. The smallest absolute Gasteiger partial charge is 0.264 e. The average Bonchev–Trinajstić information content (AvgIpc) is 3.45. The number of aromatic nitrogens is 2. The first-order chi connectivity index (χ1) is 15.2. The van der Waals surface area contributed by atoms with Crippen molar-refractivity contribution in [2.45, 2.75) is 0 Å². The van der Waals surface area contributed by atoms with Crippen molar-refractivity contribution >= 4 is 55.6 Å². The third-order valence-electron chi connectivity index (χ3n) is 4.18. The van der Waals surface area contributed by atoms with Gasteiger partial charge in [-0.3, -0.25) is 10.1 Å². The molecule has 1 amide bonds. The van der Waals surface area contributed by atoms with E-state index in [1.165, 1.54) is 29.8 Å². The molecule has 9 heteroatoms. The maximum absolute atomic E-state index is 12.0. The van der Waals surface area contributed by atoms with Gasteiger partial charge in [0.1, 0.15) is 11.1 Å². The number of thiazole rings is 2. The van der Waals surface area contributed by atoms with E-state index in [-0.39, 0.29) is 12.5 Å². The quantitative estimate of drug-likeness (QED) is 0.406. The van der Waals surface area contributed by atoms with Crippen LogP contribution in [0.25, 0.3) is 21.9 Å². The molecule has 4 rings (SSSR count). The summed E-state index contributed by atoms with van der Waals surface area (Å²) in [6.45, 7) is -0.180. The van der Waals surface area contributed by atoms with Gasteiger partial charge in [0, 0.05) is 11.6 Å². The van der Waals surface area contributed by atoms with Crippen molar-refractivity contribution in [1.82, 2.24) is 9.97 Å². The SMILES string of the molecule is COc1cc(C=C(C#N)c2nc3ccccc3s2)ccc1OCC(=O)Nc1nccs1. The lowest BCUT2D eigenvalue weighted by atomic mass is 10.1. The number of anilines is 1. The minimum atomic E-state index is -0.316. The molecule has 0 saturated heterocycles. The molecule has 0 unspecified atom stereocenters. The van der Waals surface area contributed by atoms with Crippen LogP contribution in [0, 0.1) is 11.3 Å². The second kappa shape index (κ2) is 9.38. The number of nitriles is 1. The molecule has 2 aromatic carbocycles. The van der Waals surface area contributed by atoms with Gasteiger partial charge in [-0.05, 0) is 35.9 Å². The summed E-state index contributed by atoms with van der Waals surface area (Å²) in [7, 11) is 1.52. The van der Waals surface area contributed by atoms with Crippen molar-refractivity contribution < 1.29 is 14.3 Å². The van der Waals surface area contributed by atoms with Crippen molar-refractivity contribution in [2.24, 2.45) is 0 Å². The summed E-state index contributed by atoms with van der Waals surface area (Å²) in [5.41, 5.74) is 2.08. The van der Waals surface area contributed by atoms with Gasteiger partial charge < -0.3 is 9.47 Å². The van der Waals surface area contributed by atoms with E-state index in [1.807, 2.05) is 24.3 Å². The Morgan fingerprint density at radius 1 is 1.26 bits per heavy atom. The Kier molecular flexibility index (Phi) is 6.21. The zero-order valence-corrected chi connectivity index (χ0v) is 18.0. The molecule has 0 aliphatic carbocycles. The van der Waals surface area contributed by atoms with E-state index >= 15 is 0 Å². The summed E-state index contributed by atoms with van der Waals surface area (Å²) in [6, 6.07) is 15.2. The number of methoxy groups -OCH3 is 1. The van der Waals surface area contributed by atoms with Crippen molar-refractivity contribution in [3.63, 3.8) is 0 Å². The van der Waals surface area contributed by atoms with Gasteiger partial charge in [0.2, 0.25) is 0 Å². The number of ether oxygens (including phenoxy) is 2. The number of carbonyl (C=O) groups excluding carboxylic acids is 1. The van der Waals surface area contributed by atoms with E-state index < -0.39 is 0 Å². The van der Waals surface area contributed by atoms with Crippen LogP contribution in [0.2, 0.25) is 0 Å². The number of nitrogens with one attached hydrogen (secondary N) is 1. The Hall–Kier alpha value is -3.74. The zero-order chi connectivity index (χ0) is 21.6. The Morgan fingerprint density at radius 2 is 2.13 bits per heavy atom. The third-order valence-corrected chi connectivity index (χ3v) is 5.94. The Balaban J connectivity index is 1.51. The fraction of sp³-hybridized carbons (Fsp3) is 0.0909. The van der Waals surface area contributed by atoms with Crippen LogP contribution in [-0.4, -0.2) is 29.6 Å². The predicted octanol–water partition coefficient (Wildman–Crippen LogP) is 4.84. The topological polar surface area (TPSA) is 97.1 Å². The van der Waals surface area contributed by atoms with Gasteiger partial charge in [-0.2, -0.15) is 5.26 Å². The van der Waals surface area contributed by atoms with Crippen LogP contribution in [0.15, 0.2) is 54.0 Å². The fourth-order valence-corrected chi connectivity index (χ4v) is 4.25. The molecular weight excluding hydrogens is 432 g/mol. The third kappa shape index (κ3) is 4.88. The normalized spacial score (nSPS) is 11.2. The Labute approximate surface area is 186 Å². The molecule has 0 atom stereocenters. The van der Waals surface area contributed by atoms with Gasteiger partial charge in [-0.1, -0.05) is 18.2 Å². The zero-order valence-electron chi connectivity index (χ0n) is 16.4. The standard InChI is InChI=1S/C22H16N4O3S2/c1-28-18-11-14(6-7-17(18)29-13-20(27)26-22-24-8-9-30-22)10-15(12-23)21-25-16-4-2-3-5-19(16)31-21/h2-11H,13H2,1H3,(H,24,26,27). The predicted molar refractivity (Wildman–Crippen MR) is 122 cm³/mol. The number of benzene rings is 2. The molecule has 0 radical (unpaired) electrons. The summed E-state index contributed by atoms with van der Waals surface area (Å²) in [4.78, 5) is 20.5. The molecule has 2 heterocycles. The fourth-order valence-electron chi connectivity index (χ4n) is 2.77. The van der Waals surface area contributed by atoms with E-state index in [1.54, 1.807) is 35.9 Å². The molecule has 0 bridgehead atoms. The van der Waals surface area contributed by atoms with Crippen LogP contribution >= 0.6 is 22.7 Å². The molecule has 2 aromatic heterocycles. The van der Waals surface area contributed by atoms with Crippen molar-refractivity contribution in [3.8, 4) is 17.6 Å². The highest BCUT2D eigenvalue weighted by Gasteiger charge is 2.12. The highest BCUT2D eigenvalue weighted by Crippen LogP contribution is 2.31. The lowest BCUT2D eigenvalue weighted by Gasteiger charge is -2.11. The summed E-state index contributed by atoms with van der Waals surface area (Å²) in [6.07, 6.45) is 3.36. The summed E-state index contributed by atoms with van der Waals surface area (Å²) in [5, 5.41) is 15.2. The maximum Gasteiger partial charge on any atom is 0.264 e. The molecule has 31 heavy (non-hydrogen) atoms. The number of carbonyl (C=O) groups is 1. The lowest BCUT2D eigenvalue weighted by Crippen LogP contribution is -2.20. The van der Waals surface area contributed by atoms with Crippen LogP contribution in [0.3, 0.4) is 0 Å². The van der Waals surface area contributed by atoms with Crippen LogP contribution in [0.4, 0.5) is 5.13 Å². The Bertz CT molecular complexity index is 1260. The van der Waals surface area contributed by atoms with Gasteiger partial charge >= 0.3 is 0 Å². The number of allylic oxidation sites excluding steroid dienone is 1. The molecule has 0 fully saturated rings. The second-order valence-corrected chi connectivity index (χ2v) is 8.17. The van der Waals surface area contributed by atoms with Crippen LogP contribution in [0.1, 0.15) is 10.6 Å². The van der Waals surface area contributed by atoms with E-state index in [9.17, 15) is 10.1 Å². The number of hydrogen-bond donors (Lipinski definition) is 1. The molecule has 0 aliphatic heterocycles. The van der Waals surface area contributed by atoms with E-state index in [0.717, 1.165) is 15.8 Å². The highest BCUT2D eigenvalue weighted by atomic mass is 32.1. The van der Waals surface area contributed by atoms with Crippen LogP contribution in [-0.2, 0) is 4.79 Å². The first-order valence-electron chi connectivity index (χ1n) is 9.14. The molecule has 1 N–H and O–H groups in total. The maximum atomic E-state index is 12.0. The molecule has 0 aliphatic rings. The van der Waals surface area contributed by atoms with Crippen molar-refractivity contribution in [1.29, 1.82) is 5.26 Å². The number of para-hydroxylation sites is 1. The molecule has 154 valence electrons. The number of amides is 1. The van der Waals surface area contributed by atoms with E-state index in [4.69, 9.17) is 9.47 Å². The van der Waals surface area contributed by atoms with Crippen LogP contribution in [0.5, 0.6) is 11.5 Å². The first kappa shape index (κ1) is 20.5. The van der Waals surface area contributed by atoms with Gasteiger partial charge in [0.05, 0.1) is 22.9 Å². The number of hydrogen-bond acceptors (Lipinski definition) is 8. The summed E-state index contributed by atoms with van der Waals surface area (Å²) in [5.74, 6) is 0.563. The van der Waals surface area contributed by atoms with Crippen molar-refractivity contribution in [3.05, 3.63) is 64.6 Å². The van der Waals surface area contributed by atoms with Gasteiger partial charge in [-0.25, -0.2) is 9.97 Å². The highest BCUT2D eigenvalue weighted by molar-refractivity contribution is 7.19.